The lowest BCUT2D eigenvalue weighted by Crippen LogP contribution is -2.17. The van der Waals surface area contributed by atoms with Crippen molar-refractivity contribution in [1.82, 2.24) is 4.57 Å². The largest absolute Gasteiger partial charge is 0.482 e. The van der Waals surface area contributed by atoms with Crippen molar-refractivity contribution in [3.63, 3.8) is 0 Å². The van der Waals surface area contributed by atoms with Gasteiger partial charge in [0.15, 0.2) is 6.61 Å². The van der Waals surface area contributed by atoms with Crippen LogP contribution >= 0.6 is 0 Å². The maximum absolute atomic E-state index is 12.0. The van der Waals surface area contributed by atoms with Crippen LogP contribution in [0.25, 0.3) is 27.7 Å². The van der Waals surface area contributed by atoms with Crippen LogP contribution in [0.3, 0.4) is 0 Å². The summed E-state index contributed by atoms with van der Waals surface area (Å²) in [6.45, 7) is 1.96. The smallest absolute Gasteiger partial charge is 0.349 e. The first kappa shape index (κ1) is 20.6. The minimum Gasteiger partial charge on any atom is -0.482 e. The molecule has 5 aromatic rings. The number of aryl methyl sites for hydroxylation is 1. The molecule has 0 aliphatic rings. The van der Waals surface area contributed by atoms with E-state index in [0.717, 1.165) is 16.8 Å². The number of hydrogen-bond acceptors (Lipinski definition) is 3. The number of para-hydroxylation sites is 1. The second-order valence-corrected chi connectivity index (χ2v) is 7.90. The van der Waals surface area contributed by atoms with E-state index in [1.54, 1.807) is 12.1 Å². The molecule has 0 atom stereocenters. The van der Waals surface area contributed by atoms with Crippen molar-refractivity contribution in [1.29, 1.82) is 0 Å². The Morgan fingerprint density at radius 3 is 2.18 bits per heavy atom. The SMILES string of the molecule is Cc1ccc2c(ccn2-c2ccc(-c3ccc(OCC(=O)Oc4ccccc4)cc3)cc2)c1. The van der Waals surface area contributed by atoms with E-state index in [1.165, 1.54) is 16.5 Å². The van der Waals surface area contributed by atoms with Gasteiger partial charge in [-0.1, -0.05) is 54.1 Å². The highest BCUT2D eigenvalue weighted by Gasteiger charge is 2.07. The topological polar surface area (TPSA) is 40.5 Å². The molecule has 4 nitrogen and oxygen atoms in total. The van der Waals surface area contributed by atoms with E-state index in [0.29, 0.717) is 11.5 Å². The third-order valence-electron chi connectivity index (χ3n) is 5.51. The molecule has 0 radical (unpaired) electrons. The van der Waals surface area contributed by atoms with E-state index in [2.05, 4.69) is 66.2 Å². The highest BCUT2D eigenvalue weighted by molar-refractivity contribution is 5.83. The van der Waals surface area contributed by atoms with Gasteiger partial charge in [0.2, 0.25) is 0 Å². The number of esters is 1. The maximum Gasteiger partial charge on any atom is 0.349 e. The number of benzene rings is 4. The van der Waals surface area contributed by atoms with Gasteiger partial charge in [0.1, 0.15) is 11.5 Å². The number of hydrogen-bond donors (Lipinski definition) is 0. The molecule has 1 aromatic heterocycles. The molecule has 0 aliphatic carbocycles. The summed E-state index contributed by atoms with van der Waals surface area (Å²) in [4.78, 5) is 12.0. The van der Waals surface area contributed by atoms with Crippen LogP contribution in [-0.4, -0.2) is 17.1 Å². The Hall–Kier alpha value is -4.31. The predicted molar refractivity (Wildman–Crippen MR) is 131 cm³/mol. The highest BCUT2D eigenvalue weighted by atomic mass is 16.6. The molecule has 0 unspecified atom stereocenters. The second-order valence-electron chi connectivity index (χ2n) is 7.90. The van der Waals surface area contributed by atoms with Gasteiger partial charge in [-0.05, 0) is 72.6 Å². The molecule has 4 aromatic carbocycles. The molecule has 33 heavy (non-hydrogen) atoms. The summed E-state index contributed by atoms with van der Waals surface area (Å²) in [5.74, 6) is 0.691. The van der Waals surface area contributed by atoms with Gasteiger partial charge < -0.3 is 14.0 Å². The van der Waals surface area contributed by atoms with Crippen LogP contribution in [0.2, 0.25) is 0 Å². The number of carbonyl (C=O) groups excluding carboxylic acids is 1. The van der Waals surface area contributed by atoms with Crippen LogP contribution < -0.4 is 9.47 Å². The van der Waals surface area contributed by atoms with Gasteiger partial charge in [0, 0.05) is 17.3 Å². The van der Waals surface area contributed by atoms with Crippen LogP contribution in [0.4, 0.5) is 0 Å². The summed E-state index contributed by atoms with van der Waals surface area (Å²) < 4.78 is 13.0. The number of ether oxygens (including phenoxy) is 2. The average Bonchev–Trinajstić information content (AvgIpc) is 3.27. The van der Waals surface area contributed by atoms with Crippen molar-refractivity contribution in [2.75, 3.05) is 6.61 Å². The summed E-state index contributed by atoms with van der Waals surface area (Å²) in [6.07, 6.45) is 2.11. The standard InChI is InChI=1S/C29H23NO3/c1-21-7-16-28-24(19-21)17-18-30(28)25-12-8-22(9-13-25)23-10-14-26(15-11-23)32-20-29(31)33-27-5-3-2-4-6-27/h2-19H,20H2,1H3. The van der Waals surface area contributed by atoms with Crippen molar-refractivity contribution in [3.05, 3.63) is 115 Å². The van der Waals surface area contributed by atoms with Crippen molar-refractivity contribution >= 4 is 16.9 Å². The Morgan fingerprint density at radius 2 is 1.45 bits per heavy atom. The van der Waals surface area contributed by atoms with Gasteiger partial charge in [-0.15, -0.1) is 0 Å². The van der Waals surface area contributed by atoms with Crippen LogP contribution in [0, 0.1) is 6.92 Å². The number of aromatic nitrogens is 1. The van der Waals surface area contributed by atoms with E-state index in [-0.39, 0.29) is 6.61 Å². The van der Waals surface area contributed by atoms with Crippen LogP contribution in [0.5, 0.6) is 11.5 Å². The fourth-order valence-electron chi connectivity index (χ4n) is 3.84. The number of fused-ring (bicyclic) bond motifs is 1. The summed E-state index contributed by atoms with van der Waals surface area (Å²) in [7, 11) is 0. The quantitative estimate of drug-likeness (QED) is 0.224. The van der Waals surface area contributed by atoms with E-state index in [1.807, 2.05) is 42.5 Å². The molecule has 0 saturated heterocycles. The molecule has 0 N–H and O–H groups in total. The minimum absolute atomic E-state index is 0.146. The third kappa shape index (κ3) is 4.65. The normalized spacial score (nSPS) is 10.8. The number of rotatable bonds is 6. The maximum atomic E-state index is 12.0. The molecule has 1 heterocycles. The summed E-state index contributed by atoms with van der Waals surface area (Å²) >= 11 is 0. The van der Waals surface area contributed by atoms with Gasteiger partial charge in [-0.2, -0.15) is 0 Å². The van der Waals surface area contributed by atoms with Crippen molar-refractivity contribution in [2.24, 2.45) is 0 Å². The third-order valence-corrected chi connectivity index (χ3v) is 5.51. The average molecular weight is 434 g/mol. The van der Waals surface area contributed by atoms with E-state index < -0.39 is 5.97 Å². The van der Waals surface area contributed by atoms with Crippen LogP contribution in [0.15, 0.2) is 109 Å². The Morgan fingerprint density at radius 1 is 0.758 bits per heavy atom. The fourth-order valence-corrected chi connectivity index (χ4v) is 3.84. The Labute approximate surface area is 192 Å². The monoisotopic (exact) mass is 433 g/mol. The summed E-state index contributed by atoms with van der Waals surface area (Å²) in [5.41, 5.74) is 5.76. The van der Waals surface area contributed by atoms with Crippen LogP contribution in [-0.2, 0) is 4.79 Å². The molecule has 0 spiro atoms. The van der Waals surface area contributed by atoms with Gasteiger partial charge in [-0.3, -0.25) is 0 Å². The Kier molecular flexibility index (Phi) is 5.64. The molecular formula is C29H23NO3. The summed E-state index contributed by atoms with van der Waals surface area (Å²) in [6, 6.07) is 33.8. The lowest BCUT2D eigenvalue weighted by atomic mass is 10.1. The van der Waals surface area contributed by atoms with Gasteiger partial charge in [-0.25, -0.2) is 4.79 Å². The Bertz CT molecular complexity index is 1390. The number of nitrogens with zero attached hydrogens (tertiary/aromatic N) is 1. The fraction of sp³-hybridized carbons (Fsp3) is 0.0690. The first-order chi connectivity index (χ1) is 16.2. The zero-order valence-corrected chi connectivity index (χ0v) is 18.3. The van der Waals surface area contributed by atoms with E-state index in [9.17, 15) is 4.79 Å². The molecular weight excluding hydrogens is 410 g/mol. The molecule has 0 saturated carbocycles. The number of carbonyl (C=O) groups is 1. The molecule has 0 fully saturated rings. The minimum atomic E-state index is -0.437. The molecule has 0 amide bonds. The van der Waals surface area contributed by atoms with Crippen molar-refractivity contribution in [2.45, 2.75) is 6.92 Å². The molecule has 0 aliphatic heterocycles. The van der Waals surface area contributed by atoms with Crippen molar-refractivity contribution in [3.8, 4) is 28.3 Å². The first-order valence-corrected chi connectivity index (χ1v) is 10.8. The predicted octanol–water partition coefficient (Wildman–Crippen LogP) is 6.59. The first-order valence-electron chi connectivity index (χ1n) is 10.8. The van der Waals surface area contributed by atoms with Gasteiger partial charge >= 0.3 is 5.97 Å². The highest BCUT2D eigenvalue weighted by Crippen LogP contribution is 2.26. The van der Waals surface area contributed by atoms with Gasteiger partial charge in [0.25, 0.3) is 0 Å². The van der Waals surface area contributed by atoms with Gasteiger partial charge in [0.05, 0.1) is 5.52 Å². The molecule has 4 heteroatoms. The lowest BCUT2D eigenvalue weighted by Gasteiger charge is -2.09. The lowest BCUT2D eigenvalue weighted by molar-refractivity contribution is -0.136. The zero-order valence-electron chi connectivity index (χ0n) is 18.3. The molecule has 0 bridgehead atoms. The second kappa shape index (κ2) is 9.05. The van der Waals surface area contributed by atoms with E-state index >= 15 is 0 Å². The Balaban J connectivity index is 1.24. The molecule has 162 valence electrons. The van der Waals surface area contributed by atoms with Crippen molar-refractivity contribution < 1.29 is 14.3 Å². The zero-order chi connectivity index (χ0) is 22.6. The summed E-state index contributed by atoms with van der Waals surface area (Å²) in [5, 5.41) is 1.24. The van der Waals surface area contributed by atoms with E-state index in [4.69, 9.17) is 9.47 Å². The molecule has 5 rings (SSSR count). The van der Waals surface area contributed by atoms with Crippen LogP contribution in [0.1, 0.15) is 5.56 Å².